The van der Waals surface area contributed by atoms with E-state index in [1.54, 1.807) is 29.0 Å². The normalized spacial score (nSPS) is 21.5. The van der Waals surface area contributed by atoms with Crippen molar-refractivity contribution in [2.24, 2.45) is 17.8 Å². The number of fused-ring (bicyclic) bond motifs is 3. The molecule has 12 nitrogen and oxygen atoms in total. The van der Waals surface area contributed by atoms with Gasteiger partial charge in [0.2, 0.25) is 16.9 Å². The summed E-state index contributed by atoms with van der Waals surface area (Å²) in [4.78, 5) is 33.9. The molecule has 3 aliphatic rings. The van der Waals surface area contributed by atoms with E-state index in [0.717, 1.165) is 77.1 Å². The summed E-state index contributed by atoms with van der Waals surface area (Å²) in [7, 11) is 0. The molecule has 2 aliphatic heterocycles. The van der Waals surface area contributed by atoms with E-state index in [-0.39, 0.29) is 29.8 Å². The third-order valence-electron chi connectivity index (χ3n) is 9.61. The largest absolute Gasteiger partial charge is 0.382 e. The van der Waals surface area contributed by atoms with E-state index in [4.69, 9.17) is 4.98 Å². The maximum absolute atomic E-state index is 13.2. The standard InChI is InChI=1S/C33H38N10O2S/c1-19(2)37-27-13-28(29-7-6-25-12-21(14-34)15-36-43(25)29)35-16-26(27)32-39-40-33(46-32)42-17-23-4-5-24(18-42)30(23)38-31(45)22-8-10-41(11-9-22)20(3)44/h6-7,12-13,15-16,19,22-24,30H,4-5,8-11,17-18H2,1-3H3,(H,35,37)(H,38,45)/t23-,24-/m1/s1. The number of likely N-dealkylation sites (tertiary alicyclic amines) is 1. The minimum atomic E-state index is -0.0171. The Balaban J connectivity index is 1.06. The van der Waals surface area contributed by atoms with E-state index in [0.29, 0.717) is 30.5 Å². The topological polar surface area (TPSA) is 144 Å². The smallest absolute Gasteiger partial charge is 0.223 e. The SMILES string of the molecule is CC(=O)N1CCC(C(=O)NC2[C@@H]3CC[C@@H]2CN(c2nnc(-c4cnc(-c5ccc6cc(C#N)cnn56)cc4NC(C)C)s2)C3)CC1. The molecule has 7 rings (SSSR count). The molecule has 0 spiro atoms. The van der Waals surface area contributed by atoms with E-state index in [9.17, 15) is 14.9 Å². The minimum Gasteiger partial charge on any atom is -0.382 e. The van der Waals surface area contributed by atoms with Crippen molar-refractivity contribution >= 4 is 39.5 Å². The number of anilines is 2. The fourth-order valence-electron chi connectivity index (χ4n) is 7.26. The van der Waals surface area contributed by atoms with E-state index >= 15 is 0 Å². The number of hydrogen-bond acceptors (Lipinski definition) is 10. The molecule has 2 N–H and O–H groups in total. The lowest BCUT2D eigenvalue weighted by Crippen LogP contribution is -2.54. The minimum absolute atomic E-state index is 0.0171. The van der Waals surface area contributed by atoms with Crippen LogP contribution in [0.1, 0.15) is 52.0 Å². The zero-order chi connectivity index (χ0) is 31.9. The molecule has 1 saturated carbocycles. The Labute approximate surface area is 271 Å². The number of piperidine rings is 2. The molecular formula is C33H38N10O2S. The Morgan fingerprint density at radius 2 is 1.80 bits per heavy atom. The first-order valence-electron chi connectivity index (χ1n) is 16.1. The molecule has 2 atom stereocenters. The van der Waals surface area contributed by atoms with Gasteiger partial charge < -0.3 is 20.4 Å². The fourth-order valence-corrected chi connectivity index (χ4v) is 8.14. The highest BCUT2D eigenvalue weighted by Gasteiger charge is 2.44. The van der Waals surface area contributed by atoms with Gasteiger partial charge in [0, 0.05) is 63.0 Å². The summed E-state index contributed by atoms with van der Waals surface area (Å²) in [5.41, 5.74) is 4.75. The van der Waals surface area contributed by atoms with Gasteiger partial charge in [0.15, 0.2) is 5.01 Å². The summed E-state index contributed by atoms with van der Waals surface area (Å²) >= 11 is 1.57. The van der Waals surface area contributed by atoms with Crippen LogP contribution in [-0.4, -0.2) is 79.8 Å². The molecule has 4 aromatic heterocycles. The Morgan fingerprint density at radius 1 is 1.04 bits per heavy atom. The number of carbonyl (C=O) groups excluding carboxylic acids is 2. The molecule has 13 heteroatoms. The lowest BCUT2D eigenvalue weighted by atomic mass is 9.90. The third-order valence-corrected chi connectivity index (χ3v) is 10.6. The Morgan fingerprint density at radius 3 is 2.50 bits per heavy atom. The second-order valence-corrected chi connectivity index (χ2v) is 14.0. The van der Waals surface area contributed by atoms with Crippen LogP contribution >= 0.6 is 11.3 Å². The van der Waals surface area contributed by atoms with Gasteiger partial charge in [-0.05, 0) is 75.6 Å². The lowest BCUT2D eigenvalue weighted by molar-refractivity contribution is -0.134. The molecule has 4 aromatic rings. The maximum Gasteiger partial charge on any atom is 0.223 e. The van der Waals surface area contributed by atoms with Crippen molar-refractivity contribution in [2.75, 3.05) is 36.4 Å². The highest BCUT2D eigenvalue weighted by molar-refractivity contribution is 7.18. The van der Waals surface area contributed by atoms with Crippen LogP contribution in [0.2, 0.25) is 0 Å². The van der Waals surface area contributed by atoms with Gasteiger partial charge in [-0.25, -0.2) is 4.52 Å². The van der Waals surface area contributed by atoms with Crippen LogP contribution in [0.4, 0.5) is 10.8 Å². The van der Waals surface area contributed by atoms with Crippen molar-refractivity contribution in [3.63, 3.8) is 0 Å². The molecule has 2 bridgehead atoms. The number of carbonyl (C=O) groups is 2. The van der Waals surface area contributed by atoms with Gasteiger partial charge >= 0.3 is 0 Å². The maximum atomic E-state index is 13.2. The second kappa shape index (κ2) is 12.3. The van der Waals surface area contributed by atoms with Crippen LogP contribution in [0, 0.1) is 29.1 Å². The number of amides is 2. The number of nitrogens with one attached hydrogen (secondary N) is 2. The summed E-state index contributed by atoms with van der Waals surface area (Å²) in [6.07, 6.45) is 7.06. The van der Waals surface area contributed by atoms with Gasteiger partial charge in [-0.2, -0.15) is 10.4 Å². The molecule has 0 unspecified atom stereocenters. The summed E-state index contributed by atoms with van der Waals surface area (Å²) in [5.74, 6) is 0.970. The predicted octanol–water partition coefficient (Wildman–Crippen LogP) is 4.20. The summed E-state index contributed by atoms with van der Waals surface area (Å²) < 4.78 is 1.79. The highest BCUT2D eigenvalue weighted by Crippen LogP contribution is 2.42. The van der Waals surface area contributed by atoms with Crippen molar-refractivity contribution in [2.45, 2.75) is 58.5 Å². The zero-order valence-corrected chi connectivity index (χ0v) is 27.1. The Kier molecular flexibility index (Phi) is 8.06. The molecule has 0 aromatic carbocycles. The molecular weight excluding hydrogens is 600 g/mol. The van der Waals surface area contributed by atoms with Gasteiger partial charge in [-0.1, -0.05) is 11.3 Å². The molecule has 46 heavy (non-hydrogen) atoms. The van der Waals surface area contributed by atoms with Crippen LogP contribution < -0.4 is 15.5 Å². The van der Waals surface area contributed by atoms with Crippen molar-refractivity contribution in [1.29, 1.82) is 5.26 Å². The second-order valence-electron chi connectivity index (χ2n) is 13.0. The summed E-state index contributed by atoms with van der Waals surface area (Å²) in [6, 6.07) is 10.3. The van der Waals surface area contributed by atoms with Crippen molar-refractivity contribution in [1.82, 2.24) is 35.0 Å². The van der Waals surface area contributed by atoms with E-state index < -0.39 is 0 Å². The number of nitrogens with zero attached hydrogens (tertiary/aromatic N) is 8. The highest BCUT2D eigenvalue weighted by atomic mass is 32.1. The van der Waals surface area contributed by atoms with Crippen LogP contribution in [0.15, 0.2) is 36.7 Å². The predicted molar refractivity (Wildman–Crippen MR) is 176 cm³/mol. The first kappa shape index (κ1) is 30.1. The molecule has 2 amide bonds. The van der Waals surface area contributed by atoms with E-state index in [2.05, 4.69) is 50.7 Å². The van der Waals surface area contributed by atoms with Gasteiger partial charge in [-0.15, -0.1) is 10.2 Å². The number of pyridine rings is 1. The first-order chi connectivity index (χ1) is 22.3. The van der Waals surface area contributed by atoms with Crippen LogP contribution in [-0.2, 0) is 9.59 Å². The number of nitriles is 1. The van der Waals surface area contributed by atoms with Crippen molar-refractivity contribution < 1.29 is 9.59 Å². The molecule has 0 radical (unpaired) electrons. The van der Waals surface area contributed by atoms with E-state index in [1.165, 1.54) is 0 Å². The molecule has 2 saturated heterocycles. The average Bonchev–Trinajstić information content (AvgIpc) is 3.76. The van der Waals surface area contributed by atoms with Crippen LogP contribution in [0.3, 0.4) is 0 Å². The van der Waals surface area contributed by atoms with Gasteiger partial charge in [0.1, 0.15) is 6.07 Å². The lowest BCUT2D eigenvalue weighted by Gasteiger charge is -2.39. The Bertz CT molecular complexity index is 1800. The van der Waals surface area contributed by atoms with Crippen LogP contribution in [0.5, 0.6) is 0 Å². The zero-order valence-electron chi connectivity index (χ0n) is 26.3. The number of aromatic nitrogens is 5. The molecule has 238 valence electrons. The summed E-state index contributed by atoms with van der Waals surface area (Å²) in [6.45, 7) is 8.80. The van der Waals surface area contributed by atoms with Gasteiger partial charge in [-0.3, -0.25) is 14.6 Å². The van der Waals surface area contributed by atoms with Crippen molar-refractivity contribution in [3.05, 3.63) is 42.2 Å². The monoisotopic (exact) mass is 638 g/mol. The number of rotatable bonds is 7. The Hall–Kier alpha value is -4.57. The quantitative estimate of drug-likeness (QED) is 0.304. The average molecular weight is 639 g/mol. The molecule has 1 aliphatic carbocycles. The van der Waals surface area contributed by atoms with Crippen molar-refractivity contribution in [3.8, 4) is 28.0 Å². The third kappa shape index (κ3) is 5.77. The fraction of sp³-hybridized carbons (Fsp3) is 0.485. The van der Waals surface area contributed by atoms with Crippen LogP contribution in [0.25, 0.3) is 27.5 Å². The molecule has 6 heterocycles. The molecule has 3 fully saturated rings. The van der Waals surface area contributed by atoms with E-state index in [1.807, 2.05) is 35.4 Å². The number of hydrogen-bond donors (Lipinski definition) is 2. The first-order valence-corrected chi connectivity index (χ1v) is 16.9. The van der Waals surface area contributed by atoms with Gasteiger partial charge in [0.05, 0.1) is 34.2 Å². The van der Waals surface area contributed by atoms with Gasteiger partial charge in [0.25, 0.3) is 0 Å². The summed E-state index contributed by atoms with van der Waals surface area (Å²) in [5, 5.41) is 31.6.